The summed E-state index contributed by atoms with van der Waals surface area (Å²) in [6.45, 7) is 9.03. The minimum Gasteiger partial charge on any atom is -1.00 e. The van der Waals surface area contributed by atoms with Crippen molar-refractivity contribution in [2.75, 3.05) is 7.11 Å². The van der Waals surface area contributed by atoms with Crippen molar-refractivity contribution in [1.29, 1.82) is 0 Å². The van der Waals surface area contributed by atoms with E-state index >= 15 is 0 Å². The van der Waals surface area contributed by atoms with Gasteiger partial charge in [-0.1, -0.05) is 24.3 Å². The first-order valence-corrected chi connectivity index (χ1v) is 14.0. The second-order valence-corrected chi connectivity index (χ2v) is 15.6. The van der Waals surface area contributed by atoms with Gasteiger partial charge in [-0.15, -0.1) is 33.3 Å². The molecule has 1 aliphatic heterocycles. The Bertz CT molecular complexity index is 884. The van der Waals surface area contributed by atoms with Crippen molar-refractivity contribution in [3.8, 4) is 5.75 Å². The molecule has 0 amide bonds. The number of hydrogen-bond acceptors (Lipinski definition) is 2. The van der Waals surface area contributed by atoms with Gasteiger partial charge in [0, 0.05) is 7.11 Å². The average Bonchev–Trinajstić information content (AvgIpc) is 2.93. The average molecular weight is 502 g/mol. The van der Waals surface area contributed by atoms with Gasteiger partial charge in [-0.25, -0.2) is 0 Å². The Morgan fingerprint density at radius 1 is 1.15 bits per heavy atom. The second-order valence-electron chi connectivity index (χ2n) is 7.61. The van der Waals surface area contributed by atoms with E-state index in [1.54, 1.807) is 0 Å². The maximum Gasteiger partial charge on any atom is 3.00 e. The minimum absolute atomic E-state index is 0. The van der Waals surface area contributed by atoms with Crippen LogP contribution in [-0.4, -0.2) is 23.7 Å². The molecule has 0 N–H and O–H groups in total. The topological polar surface area (TPSA) is 18.5 Å². The molecule has 0 saturated carbocycles. The van der Waals surface area contributed by atoms with E-state index in [1.807, 2.05) is 7.11 Å². The van der Waals surface area contributed by atoms with Crippen LogP contribution in [0, 0.1) is 0 Å². The zero-order chi connectivity index (χ0) is 16.4. The molecule has 137 valence electrons. The number of fused-ring (bicyclic) bond motifs is 3. The van der Waals surface area contributed by atoms with Gasteiger partial charge in [0.05, 0.1) is 5.75 Å². The van der Waals surface area contributed by atoms with Crippen molar-refractivity contribution in [2.45, 2.75) is 32.6 Å². The molecular weight excluding hydrogens is 479 g/mol. The quantitative estimate of drug-likeness (QED) is 0.349. The van der Waals surface area contributed by atoms with E-state index in [-0.39, 0.29) is 51.0 Å². The monoisotopic (exact) mass is 499 g/mol. The zero-order valence-electron chi connectivity index (χ0n) is 15.7. The van der Waals surface area contributed by atoms with Gasteiger partial charge in [-0.2, -0.15) is 0 Å². The SMILES string of the molecule is CO[Si]1(C)c2[cH-]c3ccc(O[Si](C)(C)C)c(C4=CC=CC4)c3c21.[Cl-].[Cl-].[Zr+3]. The van der Waals surface area contributed by atoms with Gasteiger partial charge in [-0.05, 0) is 43.7 Å². The summed E-state index contributed by atoms with van der Waals surface area (Å²) in [5, 5.41) is 5.68. The molecule has 1 heterocycles. The van der Waals surface area contributed by atoms with E-state index in [2.05, 4.69) is 62.6 Å². The first-order chi connectivity index (χ1) is 10.8. The molecule has 0 bridgehead atoms. The fourth-order valence-corrected chi connectivity index (χ4v) is 7.61. The van der Waals surface area contributed by atoms with Gasteiger partial charge < -0.3 is 33.7 Å². The Morgan fingerprint density at radius 2 is 1.85 bits per heavy atom. The first-order valence-electron chi connectivity index (χ1n) is 8.23. The molecule has 0 saturated heterocycles. The van der Waals surface area contributed by atoms with Gasteiger partial charge in [0.1, 0.15) is 0 Å². The minimum atomic E-state index is -1.76. The van der Waals surface area contributed by atoms with E-state index in [1.165, 1.54) is 32.3 Å². The molecule has 2 aromatic carbocycles. The van der Waals surface area contributed by atoms with Gasteiger partial charge in [-0.3, -0.25) is 0 Å². The number of allylic oxidation sites excluding steroid dienone is 4. The number of benzene rings is 1. The zero-order valence-corrected chi connectivity index (χ0v) is 21.7. The Morgan fingerprint density at radius 3 is 2.38 bits per heavy atom. The number of hydrogen-bond donors (Lipinski definition) is 0. The van der Waals surface area contributed by atoms with Crippen LogP contribution in [0.2, 0.25) is 26.2 Å². The fraction of sp³-hybridized carbons (Fsp3) is 0.316. The molecule has 7 heteroatoms. The van der Waals surface area contributed by atoms with Gasteiger partial charge in [0.25, 0.3) is 0 Å². The molecule has 0 fully saturated rings. The van der Waals surface area contributed by atoms with E-state index in [4.69, 9.17) is 8.85 Å². The maximum atomic E-state index is 6.45. The fourth-order valence-electron chi connectivity index (χ4n) is 3.69. The number of halogens is 2. The molecule has 2 nitrogen and oxygen atoms in total. The summed E-state index contributed by atoms with van der Waals surface area (Å²) < 4.78 is 12.3. The summed E-state index contributed by atoms with van der Waals surface area (Å²) in [6.07, 6.45) is 7.60. The summed E-state index contributed by atoms with van der Waals surface area (Å²) in [5.74, 6) is 1.05. The van der Waals surface area contributed by atoms with Crippen LogP contribution in [-0.2, 0) is 30.6 Å². The van der Waals surface area contributed by atoms with Crippen molar-refractivity contribution in [3.05, 3.63) is 42.0 Å². The molecule has 0 spiro atoms. The Balaban J connectivity index is 0.00000113. The summed E-state index contributed by atoms with van der Waals surface area (Å²) in [5.41, 5.74) is 2.68. The number of rotatable bonds is 4. The standard InChI is InChI=1S/C19H23O2Si2.2ClH.Zr/c1-20-23(5)16-12-14-10-11-15(21-22(2,3)4)17(18(14)19(16)23)13-8-6-7-9-13;;;/h6-8,10-12H,9H2,1-5H3;2*1H;/q-1;;;+3/p-2. The predicted molar refractivity (Wildman–Crippen MR) is 103 cm³/mol. The molecule has 26 heavy (non-hydrogen) atoms. The molecule has 1 unspecified atom stereocenters. The van der Waals surface area contributed by atoms with Gasteiger partial charge in [0.15, 0.2) is 8.32 Å². The van der Waals surface area contributed by atoms with E-state index < -0.39 is 16.6 Å². The van der Waals surface area contributed by atoms with Crippen molar-refractivity contribution in [3.63, 3.8) is 0 Å². The van der Waals surface area contributed by atoms with E-state index in [9.17, 15) is 0 Å². The maximum absolute atomic E-state index is 6.45. The van der Waals surface area contributed by atoms with Crippen LogP contribution in [0.4, 0.5) is 0 Å². The van der Waals surface area contributed by atoms with Crippen LogP contribution in [0.1, 0.15) is 12.0 Å². The van der Waals surface area contributed by atoms with Crippen LogP contribution in [0.5, 0.6) is 5.75 Å². The molecule has 2 aliphatic rings. The molecule has 4 rings (SSSR count). The summed E-state index contributed by atoms with van der Waals surface area (Å²) in [4.78, 5) is 0. The third-order valence-corrected chi connectivity index (χ3v) is 9.16. The van der Waals surface area contributed by atoms with Crippen LogP contribution >= 0.6 is 0 Å². The van der Waals surface area contributed by atoms with Crippen molar-refractivity contribution >= 4 is 43.4 Å². The van der Waals surface area contributed by atoms with Crippen LogP contribution < -0.4 is 39.6 Å². The largest absolute Gasteiger partial charge is 3.00 e. The van der Waals surface area contributed by atoms with Gasteiger partial charge >= 0.3 is 26.2 Å². The molecule has 1 aliphatic carbocycles. The van der Waals surface area contributed by atoms with E-state index in [0.717, 1.165) is 12.2 Å². The molecule has 1 radical (unpaired) electrons. The first kappa shape index (κ1) is 24.0. The normalized spacial score (nSPS) is 19.8. The van der Waals surface area contributed by atoms with Crippen molar-refractivity contribution < 1.29 is 59.9 Å². The van der Waals surface area contributed by atoms with Gasteiger partial charge in [0.2, 0.25) is 8.32 Å². The van der Waals surface area contributed by atoms with E-state index in [0.29, 0.717) is 0 Å². The molecular formula is C19H23Cl2O2Si2Zr. The molecule has 0 aromatic heterocycles. The predicted octanol–water partition coefficient (Wildman–Crippen LogP) is -2.23. The summed E-state index contributed by atoms with van der Waals surface area (Å²) in [6, 6.07) is 6.72. The van der Waals surface area contributed by atoms with Crippen molar-refractivity contribution in [1.82, 2.24) is 0 Å². The smallest absolute Gasteiger partial charge is 1.00 e. The Labute approximate surface area is 189 Å². The Kier molecular flexibility index (Phi) is 7.52. The molecule has 2 aromatic rings. The van der Waals surface area contributed by atoms with Crippen LogP contribution in [0.3, 0.4) is 0 Å². The Hall–Kier alpha value is -0.0331. The summed E-state index contributed by atoms with van der Waals surface area (Å²) in [7, 11) is -1.56. The second kappa shape index (κ2) is 8.14. The van der Waals surface area contributed by atoms with Crippen LogP contribution in [0.15, 0.2) is 36.4 Å². The molecule has 1 atom stereocenters. The third-order valence-electron chi connectivity index (χ3n) is 4.86. The van der Waals surface area contributed by atoms with Crippen molar-refractivity contribution in [2.24, 2.45) is 0 Å². The van der Waals surface area contributed by atoms with Crippen LogP contribution in [0.25, 0.3) is 16.3 Å². The summed E-state index contributed by atoms with van der Waals surface area (Å²) >= 11 is 0. The third kappa shape index (κ3) is 3.76.